The van der Waals surface area contributed by atoms with Crippen molar-refractivity contribution in [2.75, 3.05) is 6.61 Å². The third-order valence-corrected chi connectivity index (χ3v) is 5.30. The molecule has 6 atom stereocenters. The van der Waals surface area contributed by atoms with Crippen LogP contribution >= 0.6 is 16.1 Å². The molecule has 0 radical (unpaired) electrons. The van der Waals surface area contributed by atoms with E-state index < -0.39 is 53.1 Å². The van der Waals surface area contributed by atoms with E-state index in [2.05, 4.69) is 8.83 Å². The molecule has 0 saturated carbocycles. The van der Waals surface area contributed by atoms with Crippen molar-refractivity contribution in [1.82, 2.24) is 4.90 Å². The fourth-order valence-electron chi connectivity index (χ4n) is 2.29. The second-order valence-corrected chi connectivity index (χ2v) is 7.51. The van der Waals surface area contributed by atoms with Gasteiger partial charge in [0.25, 0.3) is 0 Å². The topological polar surface area (TPSA) is 189 Å². The molecule has 6 N–H and O–H groups in total. The van der Waals surface area contributed by atoms with Crippen LogP contribution in [0, 0.1) is 0 Å². The Kier molecular flexibility index (Phi) is 6.44. The summed E-state index contributed by atoms with van der Waals surface area (Å²) in [6, 6.07) is 0. The highest BCUT2D eigenvalue weighted by molar-refractivity contribution is 7.55. The quantitative estimate of drug-likeness (QED) is 0.324. The number of nitrogens with zero attached hydrogens (tertiary/aromatic N) is 1. The van der Waals surface area contributed by atoms with Gasteiger partial charge in [0.1, 0.15) is 18.3 Å². The van der Waals surface area contributed by atoms with Crippen molar-refractivity contribution in [2.45, 2.75) is 31.0 Å². The molecule has 14 heteroatoms. The van der Waals surface area contributed by atoms with Gasteiger partial charge in [-0.25, -0.2) is 4.57 Å². The smallest absolute Gasteiger partial charge is 0.387 e. The van der Waals surface area contributed by atoms with Crippen LogP contribution in [0.15, 0.2) is 24.0 Å². The lowest BCUT2D eigenvalue weighted by atomic mass is 10.1. The third kappa shape index (κ3) is 5.14. The maximum atomic E-state index is 11.4. The summed E-state index contributed by atoms with van der Waals surface area (Å²) >= 11 is 0. The monoisotopic (exact) mass is 399 g/mol. The Balaban J connectivity index is 2.02. The molecule has 2 rings (SSSR count). The number of nitrogens with two attached hydrogens (primary N) is 1. The molecule has 1 fully saturated rings. The zero-order valence-electron chi connectivity index (χ0n) is 12.6. The lowest BCUT2D eigenvalue weighted by molar-refractivity contribution is -0.114. The first-order valence-corrected chi connectivity index (χ1v) is 9.52. The molecular formula is C11H17N2O10P2+. The van der Waals surface area contributed by atoms with Gasteiger partial charge < -0.3 is 25.6 Å². The van der Waals surface area contributed by atoms with Crippen LogP contribution in [0.1, 0.15) is 6.42 Å². The Morgan fingerprint density at radius 3 is 2.76 bits per heavy atom. The Morgan fingerprint density at radius 2 is 2.16 bits per heavy atom. The first-order chi connectivity index (χ1) is 11.6. The fraction of sp³-hybridized carbons (Fsp3) is 0.545. The van der Waals surface area contributed by atoms with Crippen molar-refractivity contribution in [2.24, 2.45) is 5.73 Å². The Bertz CT molecular complexity index is 653. The maximum Gasteiger partial charge on any atom is 0.705 e. The SMILES string of the molecule is NC(=O)C1=CN([C@@H]2O[C@H](COP(=O)(O)O[P+](=O)O)[C@H](O)[C@H]2O)C=CC1. The molecule has 2 aliphatic rings. The summed E-state index contributed by atoms with van der Waals surface area (Å²) in [6.45, 7) is -0.699. The Hall–Kier alpha value is -1.20. The number of ether oxygens (including phenoxy) is 1. The number of allylic oxidation sites excluding steroid dienone is 1. The average molecular weight is 399 g/mol. The lowest BCUT2D eigenvalue weighted by Gasteiger charge is -2.28. The van der Waals surface area contributed by atoms with Gasteiger partial charge in [-0.3, -0.25) is 14.2 Å². The van der Waals surface area contributed by atoms with Gasteiger partial charge in [0.15, 0.2) is 6.23 Å². The molecule has 2 aliphatic heterocycles. The number of aliphatic hydroxyl groups excluding tert-OH is 2. The average Bonchev–Trinajstić information content (AvgIpc) is 2.80. The summed E-state index contributed by atoms with van der Waals surface area (Å²) in [5.74, 6) is -0.654. The van der Waals surface area contributed by atoms with Gasteiger partial charge in [0.05, 0.1) is 6.61 Å². The maximum absolute atomic E-state index is 11.4. The van der Waals surface area contributed by atoms with E-state index in [1.165, 1.54) is 17.3 Å². The standard InChI is InChI=1S/C11H16N2O10P2/c12-10(16)6-2-1-3-13(4-6)11-9(15)8(14)7(22-11)5-21-25(19,20)23-24(17)18/h1,3-4,7-9,11,14-15H,2,5H2,(H3-,12,16,17,18,19,20)/p+1/t7-,8+,9-,11-/m1/s1. The van der Waals surface area contributed by atoms with Gasteiger partial charge >= 0.3 is 16.1 Å². The second kappa shape index (κ2) is 8.00. The first kappa shape index (κ1) is 20.1. The molecule has 0 spiro atoms. The summed E-state index contributed by atoms with van der Waals surface area (Å²) < 4.78 is 35.4. The Morgan fingerprint density at radius 1 is 1.48 bits per heavy atom. The van der Waals surface area contributed by atoms with Gasteiger partial charge in [-0.05, 0) is 10.7 Å². The largest absolute Gasteiger partial charge is 0.705 e. The zero-order valence-corrected chi connectivity index (χ0v) is 14.4. The number of aliphatic hydroxyl groups is 2. The second-order valence-electron chi connectivity index (χ2n) is 5.18. The number of hydrogen-bond acceptors (Lipinski definition) is 9. The highest BCUT2D eigenvalue weighted by atomic mass is 31.2. The van der Waals surface area contributed by atoms with E-state index in [1.54, 1.807) is 6.08 Å². The van der Waals surface area contributed by atoms with Gasteiger partial charge in [-0.1, -0.05) is 6.08 Å². The highest BCUT2D eigenvalue weighted by Crippen LogP contribution is 2.51. The molecule has 12 nitrogen and oxygen atoms in total. The van der Waals surface area contributed by atoms with E-state index in [-0.39, 0.29) is 5.57 Å². The number of hydrogen-bond donors (Lipinski definition) is 5. The normalized spacial score (nSPS) is 32.2. The molecule has 2 unspecified atom stereocenters. The molecular weight excluding hydrogens is 382 g/mol. The Labute approximate surface area is 142 Å². The summed E-state index contributed by atoms with van der Waals surface area (Å²) in [5.41, 5.74) is 5.45. The lowest BCUT2D eigenvalue weighted by Crippen LogP contribution is -2.40. The molecule has 2 heterocycles. The molecule has 0 bridgehead atoms. The molecule has 25 heavy (non-hydrogen) atoms. The number of rotatable bonds is 7. The van der Waals surface area contributed by atoms with E-state index in [4.69, 9.17) is 15.4 Å². The predicted octanol–water partition coefficient (Wildman–Crippen LogP) is -1.20. The zero-order chi connectivity index (χ0) is 18.8. The summed E-state index contributed by atoms with van der Waals surface area (Å²) in [6.07, 6.45) is -0.517. The van der Waals surface area contributed by atoms with E-state index in [0.29, 0.717) is 6.42 Å². The van der Waals surface area contributed by atoms with Crippen molar-refractivity contribution in [3.05, 3.63) is 24.0 Å². The highest BCUT2D eigenvalue weighted by Gasteiger charge is 2.46. The van der Waals surface area contributed by atoms with Crippen molar-refractivity contribution < 1.29 is 47.5 Å². The number of phosphoric acid groups is 1. The summed E-state index contributed by atoms with van der Waals surface area (Å²) in [4.78, 5) is 30.2. The van der Waals surface area contributed by atoms with Crippen molar-refractivity contribution >= 4 is 22.0 Å². The number of carbonyl (C=O) groups excluding carboxylic acids is 1. The van der Waals surface area contributed by atoms with Crippen LogP contribution in [0.2, 0.25) is 0 Å². The van der Waals surface area contributed by atoms with Crippen LogP contribution in [-0.4, -0.2) is 62.0 Å². The van der Waals surface area contributed by atoms with Gasteiger partial charge in [-0.2, -0.15) is 0 Å². The van der Waals surface area contributed by atoms with Crippen LogP contribution in [0.4, 0.5) is 0 Å². The molecule has 1 saturated heterocycles. The minimum atomic E-state index is -4.83. The van der Waals surface area contributed by atoms with Gasteiger partial charge in [-0.15, -0.1) is 4.89 Å². The molecule has 0 aromatic heterocycles. The number of primary amides is 1. The number of carbonyl (C=O) groups is 1. The molecule has 1 amide bonds. The predicted molar refractivity (Wildman–Crippen MR) is 80.2 cm³/mol. The summed E-state index contributed by atoms with van der Waals surface area (Å²) in [7, 11) is -8.20. The van der Waals surface area contributed by atoms with Crippen LogP contribution in [0.3, 0.4) is 0 Å². The van der Waals surface area contributed by atoms with Crippen molar-refractivity contribution in [3.63, 3.8) is 0 Å². The fourth-order valence-corrected chi connectivity index (χ4v) is 3.52. The van der Waals surface area contributed by atoms with E-state index >= 15 is 0 Å². The van der Waals surface area contributed by atoms with Gasteiger partial charge in [0.2, 0.25) is 5.91 Å². The molecule has 0 aromatic rings. The molecule has 0 aromatic carbocycles. The molecule has 0 aliphatic carbocycles. The molecule has 140 valence electrons. The summed E-state index contributed by atoms with van der Waals surface area (Å²) in [5, 5.41) is 20.1. The van der Waals surface area contributed by atoms with Crippen molar-refractivity contribution in [3.8, 4) is 0 Å². The minimum absolute atomic E-state index is 0.257. The van der Waals surface area contributed by atoms with E-state index in [0.717, 1.165) is 0 Å². The first-order valence-electron chi connectivity index (χ1n) is 6.90. The van der Waals surface area contributed by atoms with Crippen LogP contribution in [0.5, 0.6) is 0 Å². The number of phosphoric ester groups is 1. The van der Waals surface area contributed by atoms with Crippen LogP contribution < -0.4 is 5.73 Å². The minimum Gasteiger partial charge on any atom is -0.387 e. The van der Waals surface area contributed by atoms with Crippen molar-refractivity contribution in [1.29, 1.82) is 0 Å². The van der Waals surface area contributed by atoms with E-state index in [1.807, 2.05) is 0 Å². The van der Waals surface area contributed by atoms with Gasteiger partial charge in [0, 0.05) is 22.5 Å². The van der Waals surface area contributed by atoms with Crippen LogP contribution in [0.25, 0.3) is 0 Å². The third-order valence-electron chi connectivity index (χ3n) is 3.44. The van der Waals surface area contributed by atoms with Crippen LogP contribution in [-0.2, 0) is 27.5 Å². The van der Waals surface area contributed by atoms with E-state index in [9.17, 15) is 29.0 Å². The number of amides is 1.